The molecule has 0 heterocycles. The normalized spacial score (nSPS) is 15.4. The van der Waals surface area contributed by atoms with Crippen molar-refractivity contribution in [3.05, 3.63) is 0 Å². The summed E-state index contributed by atoms with van der Waals surface area (Å²) in [7, 11) is -2.98. The van der Waals surface area contributed by atoms with Crippen molar-refractivity contribution >= 4 is 22.8 Å². The lowest BCUT2D eigenvalue weighted by atomic mass is 10.2. The topological polar surface area (TPSA) is 24.4 Å². The van der Waals surface area contributed by atoms with Crippen LogP contribution in [0, 0.1) is 0 Å². The highest BCUT2D eigenvalue weighted by Crippen LogP contribution is 2.36. The second kappa shape index (κ2) is 4.88. The molecule has 0 amide bonds. The molecule has 0 aliphatic rings. The minimum Gasteiger partial charge on any atom is -0.402 e. The molecule has 0 spiro atoms. The van der Waals surface area contributed by atoms with Gasteiger partial charge in [0, 0.05) is 0 Å². The summed E-state index contributed by atoms with van der Waals surface area (Å²) in [5.74, 6) is 0. The molecule has 102 valence electrons. The largest absolute Gasteiger partial charge is 0.402 e. The number of hydrogen-bond donors (Lipinski definition) is 1. The monoisotopic (exact) mass is 272 g/mol. The standard InChI is InChI=1S/C13H32N2Si2/c1-12(2,3)16(7,8)14-11-15-17(9,10)13(4,5)6/h11H,1-10H3,(H,14,15). The van der Waals surface area contributed by atoms with Crippen LogP contribution in [-0.4, -0.2) is 22.8 Å². The van der Waals surface area contributed by atoms with Crippen LogP contribution >= 0.6 is 0 Å². The summed E-state index contributed by atoms with van der Waals surface area (Å²) in [6.45, 7) is 23.2. The van der Waals surface area contributed by atoms with E-state index >= 15 is 0 Å². The maximum Gasteiger partial charge on any atom is 0.182 e. The zero-order chi connectivity index (χ0) is 14.1. The van der Waals surface area contributed by atoms with Gasteiger partial charge in [-0.3, -0.25) is 0 Å². The Balaban J connectivity index is 4.70. The van der Waals surface area contributed by atoms with E-state index in [4.69, 9.17) is 4.66 Å². The van der Waals surface area contributed by atoms with Crippen molar-refractivity contribution in [1.82, 2.24) is 4.98 Å². The van der Waals surface area contributed by atoms with Gasteiger partial charge in [0.1, 0.15) is 0 Å². The van der Waals surface area contributed by atoms with Crippen LogP contribution in [0.4, 0.5) is 0 Å². The zero-order valence-electron chi connectivity index (χ0n) is 13.5. The minimum atomic E-state index is -1.53. The summed E-state index contributed by atoms with van der Waals surface area (Å²) in [6.07, 6.45) is 2.01. The Labute approximate surface area is 110 Å². The number of nitrogens with one attached hydrogen (secondary N) is 1. The fourth-order valence-corrected chi connectivity index (χ4v) is 2.49. The lowest BCUT2D eigenvalue weighted by molar-refractivity contribution is 0.709. The highest BCUT2D eigenvalue weighted by atomic mass is 28.3. The van der Waals surface area contributed by atoms with E-state index in [0.717, 1.165) is 0 Å². The molecule has 0 saturated heterocycles. The Kier molecular flexibility index (Phi) is 4.85. The van der Waals surface area contributed by atoms with Gasteiger partial charge in [-0.15, -0.1) is 0 Å². The molecule has 0 radical (unpaired) electrons. The van der Waals surface area contributed by atoms with Crippen LogP contribution in [0.1, 0.15) is 41.5 Å². The van der Waals surface area contributed by atoms with Gasteiger partial charge in [0.15, 0.2) is 16.5 Å². The van der Waals surface area contributed by atoms with E-state index in [2.05, 4.69) is 72.7 Å². The van der Waals surface area contributed by atoms with E-state index in [0.29, 0.717) is 10.1 Å². The molecular formula is C13H32N2Si2. The highest BCUT2D eigenvalue weighted by Gasteiger charge is 2.37. The van der Waals surface area contributed by atoms with Crippen molar-refractivity contribution in [2.24, 2.45) is 4.66 Å². The smallest absolute Gasteiger partial charge is 0.182 e. The molecule has 4 heteroatoms. The van der Waals surface area contributed by atoms with Gasteiger partial charge >= 0.3 is 0 Å². The first-order valence-electron chi connectivity index (χ1n) is 6.52. The summed E-state index contributed by atoms with van der Waals surface area (Å²) in [6, 6.07) is 0. The third-order valence-electron chi connectivity index (χ3n) is 4.52. The molecule has 0 aliphatic heterocycles. The molecular weight excluding hydrogens is 240 g/mol. The van der Waals surface area contributed by atoms with Crippen molar-refractivity contribution < 1.29 is 0 Å². The predicted molar refractivity (Wildman–Crippen MR) is 86.0 cm³/mol. The summed E-state index contributed by atoms with van der Waals surface area (Å²) in [4.78, 5) is 3.61. The second-order valence-corrected chi connectivity index (χ2v) is 18.0. The lowest BCUT2D eigenvalue weighted by Gasteiger charge is -2.37. The molecule has 0 atom stereocenters. The maximum absolute atomic E-state index is 4.86. The van der Waals surface area contributed by atoms with Gasteiger partial charge < -0.3 is 9.64 Å². The molecule has 0 aromatic heterocycles. The van der Waals surface area contributed by atoms with Crippen LogP contribution in [0.3, 0.4) is 0 Å². The SMILES string of the molecule is CC(C)(C)[Si](C)(C)/N=C/N[Si](C)(C)C(C)(C)C. The zero-order valence-corrected chi connectivity index (χ0v) is 15.5. The molecule has 1 N–H and O–H groups in total. The quantitative estimate of drug-likeness (QED) is 0.453. The summed E-state index contributed by atoms with van der Waals surface area (Å²) in [5, 5.41) is 0.672. The molecule has 0 aromatic rings. The number of nitrogens with zero attached hydrogens (tertiary/aromatic N) is 1. The lowest BCUT2D eigenvalue weighted by Crippen LogP contribution is -2.52. The molecule has 0 bridgehead atoms. The van der Waals surface area contributed by atoms with Crippen molar-refractivity contribution in [1.29, 1.82) is 0 Å². The third kappa shape index (κ3) is 4.58. The highest BCUT2D eigenvalue weighted by molar-refractivity contribution is 6.81. The van der Waals surface area contributed by atoms with Crippen molar-refractivity contribution in [3.63, 3.8) is 0 Å². The van der Waals surface area contributed by atoms with Crippen LogP contribution in [-0.2, 0) is 0 Å². The first-order valence-corrected chi connectivity index (χ1v) is 12.5. The van der Waals surface area contributed by atoms with Gasteiger partial charge in [0.05, 0.1) is 6.34 Å². The summed E-state index contributed by atoms with van der Waals surface area (Å²) < 4.78 is 4.86. The van der Waals surface area contributed by atoms with Crippen LogP contribution in [0.25, 0.3) is 0 Å². The van der Waals surface area contributed by atoms with E-state index in [-0.39, 0.29) is 0 Å². The van der Waals surface area contributed by atoms with Gasteiger partial charge in [-0.25, -0.2) is 0 Å². The Morgan fingerprint density at radius 3 is 1.53 bits per heavy atom. The van der Waals surface area contributed by atoms with Crippen molar-refractivity contribution in [3.8, 4) is 0 Å². The third-order valence-corrected chi connectivity index (χ3v) is 13.6. The van der Waals surface area contributed by atoms with Gasteiger partial charge in [0.25, 0.3) is 0 Å². The molecule has 0 fully saturated rings. The molecule has 0 rings (SSSR count). The van der Waals surface area contributed by atoms with E-state index in [1.54, 1.807) is 0 Å². The molecule has 2 nitrogen and oxygen atoms in total. The van der Waals surface area contributed by atoms with Gasteiger partial charge in [-0.05, 0) is 23.2 Å². The summed E-state index contributed by atoms with van der Waals surface area (Å²) >= 11 is 0. The number of rotatable bonds is 3. The van der Waals surface area contributed by atoms with E-state index in [1.165, 1.54) is 0 Å². The van der Waals surface area contributed by atoms with Crippen LogP contribution in [0.5, 0.6) is 0 Å². The average molecular weight is 273 g/mol. The van der Waals surface area contributed by atoms with E-state index in [1.807, 2.05) is 6.34 Å². The predicted octanol–water partition coefficient (Wildman–Crippen LogP) is 4.61. The fraction of sp³-hybridized carbons (Fsp3) is 0.923. The Hall–Kier alpha value is -0.0962. The van der Waals surface area contributed by atoms with Gasteiger partial charge in [-0.1, -0.05) is 54.6 Å². The molecule has 0 saturated carbocycles. The van der Waals surface area contributed by atoms with Gasteiger partial charge in [-0.2, -0.15) is 0 Å². The maximum atomic E-state index is 4.86. The average Bonchev–Trinajstić information content (AvgIpc) is 1.98. The molecule has 0 unspecified atom stereocenters. The Morgan fingerprint density at radius 2 is 1.24 bits per heavy atom. The van der Waals surface area contributed by atoms with Crippen molar-refractivity contribution in [2.45, 2.75) is 77.8 Å². The first kappa shape index (κ1) is 16.9. The minimum absolute atomic E-state index is 0.318. The molecule has 17 heavy (non-hydrogen) atoms. The van der Waals surface area contributed by atoms with Crippen LogP contribution < -0.4 is 4.98 Å². The Morgan fingerprint density at radius 1 is 0.824 bits per heavy atom. The summed E-state index contributed by atoms with van der Waals surface area (Å²) in [5.41, 5.74) is 0. The van der Waals surface area contributed by atoms with E-state index in [9.17, 15) is 0 Å². The number of hydrogen-bond acceptors (Lipinski definition) is 1. The second-order valence-electron chi connectivity index (χ2n) is 8.09. The molecule has 0 aromatic carbocycles. The fourth-order valence-electron chi connectivity index (χ4n) is 0.765. The first-order chi connectivity index (χ1) is 7.21. The van der Waals surface area contributed by atoms with Crippen LogP contribution in [0.2, 0.25) is 36.3 Å². The molecule has 0 aliphatic carbocycles. The van der Waals surface area contributed by atoms with Gasteiger partial charge in [0.2, 0.25) is 0 Å². The van der Waals surface area contributed by atoms with Crippen LogP contribution in [0.15, 0.2) is 4.66 Å². The van der Waals surface area contributed by atoms with Crippen molar-refractivity contribution in [2.75, 3.05) is 0 Å². The van der Waals surface area contributed by atoms with E-state index < -0.39 is 16.5 Å². The Bertz CT molecular complexity index is 281.